The van der Waals surface area contributed by atoms with Gasteiger partial charge in [0, 0.05) is 11.8 Å². The lowest BCUT2D eigenvalue weighted by atomic mass is 9.85. The van der Waals surface area contributed by atoms with Crippen LogP contribution in [0.3, 0.4) is 0 Å². The molecule has 0 aromatic carbocycles. The van der Waals surface area contributed by atoms with E-state index in [-0.39, 0.29) is 6.42 Å². The first kappa shape index (κ1) is 16.9. The number of hydrogen-bond donors (Lipinski definition) is 0. The Hall–Kier alpha value is -0.140. The Morgan fingerprint density at radius 3 is 1.84 bits per heavy atom. The van der Waals surface area contributed by atoms with Crippen molar-refractivity contribution in [2.75, 3.05) is 0 Å². The van der Waals surface area contributed by atoms with Gasteiger partial charge in [-0.15, -0.1) is 0 Å². The molecule has 2 heteroatoms. The Morgan fingerprint density at radius 2 is 1.37 bits per heavy atom. The third kappa shape index (κ3) is 5.39. The minimum atomic E-state index is -2.38. The highest BCUT2D eigenvalue weighted by Crippen LogP contribution is 2.63. The summed E-state index contributed by atoms with van der Waals surface area (Å²) in [5, 5.41) is 0. The molecule has 0 amide bonds. The maximum atomic E-state index is 13.4. The SMILES string of the molecule is CCCCCCC(CCCCC)CC1(C)CC1(F)F. The third-order valence-electron chi connectivity index (χ3n) is 4.79. The minimum absolute atomic E-state index is 0.124. The molecule has 0 heterocycles. The van der Waals surface area contributed by atoms with Gasteiger partial charge in [0.1, 0.15) is 0 Å². The van der Waals surface area contributed by atoms with E-state index in [9.17, 15) is 8.78 Å². The number of hydrogen-bond acceptors (Lipinski definition) is 0. The van der Waals surface area contributed by atoms with E-state index in [0.717, 1.165) is 19.3 Å². The molecular formula is C17H32F2. The van der Waals surface area contributed by atoms with Crippen molar-refractivity contribution in [3.05, 3.63) is 0 Å². The summed E-state index contributed by atoms with van der Waals surface area (Å²) in [6.07, 6.45) is 11.9. The lowest BCUT2D eigenvalue weighted by Gasteiger charge is -2.21. The van der Waals surface area contributed by atoms with Gasteiger partial charge in [-0.05, 0) is 12.3 Å². The summed E-state index contributed by atoms with van der Waals surface area (Å²) in [6, 6.07) is 0. The second-order valence-corrected chi connectivity index (χ2v) is 6.86. The molecule has 0 aromatic heterocycles. The van der Waals surface area contributed by atoms with E-state index in [2.05, 4.69) is 13.8 Å². The van der Waals surface area contributed by atoms with Gasteiger partial charge < -0.3 is 0 Å². The van der Waals surface area contributed by atoms with Crippen molar-refractivity contribution in [2.24, 2.45) is 11.3 Å². The molecule has 2 atom stereocenters. The molecule has 0 radical (unpaired) electrons. The average molecular weight is 274 g/mol. The predicted octanol–water partition coefficient (Wildman–Crippen LogP) is 6.59. The van der Waals surface area contributed by atoms with Crippen LogP contribution in [-0.2, 0) is 0 Å². The molecule has 1 aliphatic rings. The van der Waals surface area contributed by atoms with Crippen LogP contribution in [0.1, 0.15) is 91.4 Å². The highest BCUT2D eigenvalue weighted by atomic mass is 19.3. The monoisotopic (exact) mass is 274 g/mol. The van der Waals surface area contributed by atoms with Gasteiger partial charge in [0.15, 0.2) is 0 Å². The summed E-state index contributed by atoms with van der Waals surface area (Å²) in [5.41, 5.74) is -0.672. The molecule has 1 aliphatic carbocycles. The predicted molar refractivity (Wildman–Crippen MR) is 78.7 cm³/mol. The molecule has 0 spiro atoms. The molecule has 19 heavy (non-hydrogen) atoms. The van der Waals surface area contributed by atoms with Gasteiger partial charge >= 0.3 is 0 Å². The van der Waals surface area contributed by atoms with Crippen LogP contribution < -0.4 is 0 Å². The lowest BCUT2D eigenvalue weighted by Crippen LogP contribution is -2.13. The largest absolute Gasteiger partial charge is 0.254 e. The zero-order valence-corrected chi connectivity index (χ0v) is 13.1. The molecule has 114 valence electrons. The first-order valence-electron chi connectivity index (χ1n) is 8.33. The summed E-state index contributed by atoms with van der Waals surface area (Å²) in [7, 11) is 0. The Labute approximate surface area is 118 Å². The minimum Gasteiger partial charge on any atom is -0.206 e. The van der Waals surface area contributed by atoms with Gasteiger partial charge in [0.2, 0.25) is 0 Å². The van der Waals surface area contributed by atoms with Gasteiger partial charge in [0.05, 0.1) is 0 Å². The van der Waals surface area contributed by atoms with Gasteiger partial charge in [-0.3, -0.25) is 0 Å². The molecule has 1 fully saturated rings. The Morgan fingerprint density at radius 1 is 0.895 bits per heavy atom. The molecule has 0 saturated heterocycles. The number of rotatable bonds is 11. The van der Waals surface area contributed by atoms with E-state index in [0.29, 0.717) is 5.92 Å². The van der Waals surface area contributed by atoms with Crippen LogP contribution in [-0.4, -0.2) is 5.92 Å². The Kier molecular flexibility index (Phi) is 6.76. The fourth-order valence-electron chi connectivity index (χ4n) is 3.20. The van der Waals surface area contributed by atoms with Gasteiger partial charge in [-0.2, -0.15) is 0 Å². The lowest BCUT2D eigenvalue weighted by molar-refractivity contribution is 0.0587. The van der Waals surface area contributed by atoms with Crippen molar-refractivity contribution in [1.29, 1.82) is 0 Å². The van der Waals surface area contributed by atoms with Crippen molar-refractivity contribution in [2.45, 2.75) is 97.3 Å². The fraction of sp³-hybridized carbons (Fsp3) is 1.00. The van der Waals surface area contributed by atoms with Gasteiger partial charge in [-0.25, -0.2) is 8.78 Å². The van der Waals surface area contributed by atoms with Crippen molar-refractivity contribution in [3.8, 4) is 0 Å². The van der Waals surface area contributed by atoms with Crippen LogP contribution in [0.2, 0.25) is 0 Å². The van der Waals surface area contributed by atoms with Crippen LogP contribution in [0.15, 0.2) is 0 Å². The molecule has 1 saturated carbocycles. The summed E-state index contributed by atoms with van der Waals surface area (Å²) in [5.74, 6) is -1.85. The smallest absolute Gasteiger partial charge is 0.206 e. The number of alkyl halides is 2. The van der Waals surface area contributed by atoms with E-state index in [1.165, 1.54) is 44.9 Å². The van der Waals surface area contributed by atoms with Crippen molar-refractivity contribution in [3.63, 3.8) is 0 Å². The van der Waals surface area contributed by atoms with E-state index in [4.69, 9.17) is 0 Å². The zero-order chi connectivity index (χ0) is 14.4. The zero-order valence-electron chi connectivity index (χ0n) is 13.1. The first-order chi connectivity index (χ1) is 8.95. The summed E-state index contributed by atoms with van der Waals surface area (Å²) >= 11 is 0. The maximum absolute atomic E-state index is 13.4. The first-order valence-corrected chi connectivity index (χ1v) is 8.33. The highest BCUT2D eigenvalue weighted by molar-refractivity contribution is 5.07. The molecule has 0 bridgehead atoms. The fourth-order valence-corrected chi connectivity index (χ4v) is 3.20. The number of unbranched alkanes of at least 4 members (excludes halogenated alkanes) is 5. The normalized spacial score (nSPS) is 26.4. The van der Waals surface area contributed by atoms with E-state index in [1.54, 1.807) is 6.92 Å². The molecular weight excluding hydrogens is 242 g/mol. The second-order valence-electron chi connectivity index (χ2n) is 6.86. The quantitative estimate of drug-likeness (QED) is 0.373. The van der Waals surface area contributed by atoms with Crippen LogP contribution >= 0.6 is 0 Å². The second kappa shape index (κ2) is 7.59. The molecule has 1 rings (SSSR count). The van der Waals surface area contributed by atoms with Crippen LogP contribution in [0.25, 0.3) is 0 Å². The summed E-state index contributed by atoms with van der Waals surface area (Å²) in [4.78, 5) is 0. The van der Waals surface area contributed by atoms with Gasteiger partial charge in [0.25, 0.3) is 5.92 Å². The molecule has 0 aliphatic heterocycles. The topological polar surface area (TPSA) is 0 Å². The highest BCUT2D eigenvalue weighted by Gasteiger charge is 2.67. The third-order valence-corrected chi connectivity index (χ3v) is 4.79. The van der Waals surface area contributed by atoms with Crippen molar-refractivity contribution >= 4 is 0 Å². The van der Waals surface area contributed by atoms with E-state index < -0.39 is 11.3 Å². The van der Waals surface area contributed by atoms with Crippen molar-refractivity contribution in [1.82, 2.24) is 0 Å². The Balaban J connectivity index is 2.32. The van der Waals surface area contributed by atoms with E-state index >= 15 is 0 Å². The van der Waals surface area contributed by atoms with Crippen LogP contribution in [0, 0.1) is 11.3 Å². The molecule has 2 unspecified atom stereocenters. The van der Waals surface area contributed by atoms with Crippen LogP contribution in [0.4, 0.5) is 8.78 Å². The van der Waals surface area contributed by atoms with Gasteiger partial charge in [-0.1, -0.05) is 78.6 Å². The molecule has 0 nitrogen and oxygen atoms in total. The Bertz CT molecular complexity index is 250. The number of halogens is 2. The molecule has 0 N–H and O–H groups in total. The standard InChI is InChI=1S/C17H32F2/c1-4-6-8-10-12-15(11-9-7-5-2)13-16(3)14-17(16,18)19/h15H,4-14H2,1-3H3. The van der Waals surface area contributed by atoms with Crippen molar-refractivity contribution < 1.29 is 8.78 Å². The summed E-state index contributed by atoms with van der Waals surface area (Å²) in [6.45, 7) is 6.20. The van der Waals surface area contributed by atoms with Crippen LogP contribution in [0.5, 0.6) is 0 Å². The van der Waals surface area contributed by atoms with E-state index in [1.807, 2.05) is 0 Å². The average Bonchev–Trinajstić information content (AvgIpc) is 2.83. The maximum Gasteiger partial charge on any atom is 0.254 e. The molecule has 0 aromatic rings. The summed E-state index contributed by atoms with van der Waals surface area (Å²) < 4.78 is 26.7.